The van der Waals surface area contributed by atoms with Crippen LogP contribution in [0.1, 0.15) is 52.5 Å². The maximum absolute atomic E-state index is 12.6. The monoisotopic (exact) mass is 344 g/mol. The minimum absolute atomic E-state index is 0.0857. The number of aliphatic hydroxyl groups is 1. The van der Waals surface area contributed by atoms with Gasteiger partial charge in [0.1, 0.15) is 4.88 Å². The van der Waals surface area contributed by atoms with Crippen LogP contribution >= 0.6 is 11.3 Å². The SMILES string of the molecule is CCCc1ncc(C(=O)N2CCC(C(O)c3ccccc3)CC2)s1. The fourth-order valence-corrected chi connectivity index (χ4v) is 4.22. The Morgan fingerprint density at radius 3 is 2.71 bits per heavy atom. The second-order valence-electron chi connectivity index (χ2n) is 6.35. The average molecular weight is 344 g/mol. The van der Waals surface area contributed by atoms with Gasteiger partial charge in [0, 0.05) is 13.1 Å². The molecule has 4 nitrogen and oxygen atoms in total. The van der Waals surface area contributed by atoms with Crippen LogP contribution in [0.5, 0.6) is 0 Å². The van der Waals surface area contributed by atoms with Gasteiger partial charge < -0.3 is 10.0 Å². The smallest absolute Gasteiger partial charge is 0.265 e. The Bertz CT molecular complexity index is 663. The maximum atomic E-state index is 12.6. The average Bonchev–Trinajstić information content (AvgIpc) is 3.10. The van der Waals surface area contributed by atoms with E-state index in [1.165, 1.54) is 11.3 Å². The number of rotatable bonds is 5. The van der Waals surface area contributed by atoms with Crippen LogP contribution in [0.15, 0.2) is 36.5 Å². The third kappa shape index (κ3) is 3.84. The summed E-state index contributed by atoms with van der Waals surface area (Å²) in [6, 6.07) is 9.80. The highest BCUT2D eigenvalue weighted by Crippen LogP contribution is 2.31. The number of likely N-dealkylation sites (tertiary alicyclic amines) is 1. The summed E-state index contributed by atoms with van der Waals surface area (Å²) in [6.45, 7) is 3.52. The van der Waals surface area contributed by atoms with Gasteiger partial charge in [-0.15, -0.1) is 11.3 Å². The number of piperidine rings is 1. The van der Waals surface area contributed by atoms with Gasteiger partial charge in [-0.05, 0) is 37.2 Å². The molecule has 1 amide bonds. The molecule has 128 valence electrons. The van der Waals surface area contributed by atoms with Crippen molar-refractivity contribution in [2.75, 3.05) is 13.1 Å². The van der Waals surface area contributed by atoms with Gasteiger partial charge in [0.2, 0.25) is 0 Å². The van der Waals surface area contributed by atoms with Crippen LogP contribution in [0.4, 0.5) is 0 Å². The molecule has 0 saturated carbocycles. The number of carbonyl (C=O) groups is 1. The zero-order valence-corrected chi connectivity index (χ0v) is 14.8. The first-order valence-corrected chi connectivity index (χ1v) is 9.47. The molecule has 0 radical (unpaired) electrons. The number of benzene rings is 1. The van der Waals surface area contributed by atoms with E-state index in [4.69, 9.17) is 0 Å². The molecule has 24 heavy (non-hydrogen) atoms. The van der Waals surface area contributed by atoms with Crippen molar-refractivity contribution in [3.05, 3.63) is 52.0 Å². The van der Waals surface area contributed by atoms with Gasteiger partial charge in [-0.2, -0.15) is 0 Å². The summed E-state index contributed by atoms with van der Waals surface area (Å²) >= 11 is 1.51. The minimum atomic E-state index is -0.442. The van der Waals surface area contributed by atoms with Crippen LogP contribution in [-0.2, 0) is 6.42 Å². The van der Waals surface area contributed by atoms with Crippen LogP contribution in [0.25, 0.3) is 0 Å². The van der Waals surface area contributed by atoms with E-state index in [0.29, 0.717) is 13.1 Å². The summed E-state index contributed by atoms with van der Waals surface area (Å²) in [7, 11) is 0. The van der Waals surface area contributed by atoms with Gasteiger partial charge in [-0.25, -0.2) is 4.98 Å². The Kier molecular flexibility index (Phi) is 5.63. The van der Waals surface area contributed by atoms with Gasteiger partial charge in [0.25, 0.3) is 5.91 Å². The van der Waals surface area contributed by atoms with Crippen LogP contribution in [-0.4, -0.2) is 34.0 Å². The molecule has 0 aliphatic carbocycles. The van der Waals surface area contributed by atoms with Gasteiger partial charge >= 0.3 is 0 Å². The lowest BCUT2D eigenvalue weighted by Crippen LogP contribution is -2.39. The highest BCUT2D eigenvalue weighted by Gasteiger charge is 2.29. The first-order chi connectivity index (χ1) is 11.7. The van der Waals surface area contributed by atoms with Gasteiger partial charge in [0.15, 0.2) is 0 Å². The van der Waals surface area contributed by atoms with Gasteiger partial charge in [-0.1, -0.05) is 37.3 Å². The normalized spacial score (nSPS) is 17.0. The van der Waals surface area contributed by atoms with Crippen molar-refractivity contribution < 1.29 is 9.90 Å². The van der Waals surface area contributed by atoms with E-state index < -0.39 is 6.10 Å². The topological polar surface area (TPSA) is 53.4 Å². The molecule has 5 heteroatoms. The Morgan fingerprint density at radius 2 is 2.04 bits per heavy atom. The summed E-state index contributed by atoms with van der Waals surface area (Å²) in [5.41, 5.74) is 0.967. The van der Waals surface area contributed by atoms with Crippen LogP contribution < -0.4 is 0 Å². The molecule has 0 spiro atoms. The largest absolute Gasteiger partial charge is 0.388 e. The molecule has 2 aromatic rings. The third-order valence-electron chi connectivity index (χ3n) is 4.64. The number of nitrogens with zero attached hydrogens (tertiary/aromatic N) is 2. The lowest BCUT2D eigenvalue weighted by Gasteiger charge is -2.34. The van der Waals surface area contributed by atoms with E-state index in [0.717, 1.165) is 41.1 Å². The van der Waals surface area contributed by atoms with Crippen LogP contribution in [0.2, 0.25) is 0 Å². The van der Waals surface area contributed by atoms with E-state index in [9.17, 15) is 9.90 Å². The predicted molar refractivity (Wildman–Crippen MR) is 96.1 cm³/mol. The van der Waals surface area contributed by atoms with Gasteiger partial charge in [0.05, 0.1) is 17.3 Å². The van der Waals surface area contributed by atoms with E-state index >= 15 is 0 Å². The zero-order valence-electron chi connectivity index (χ0n) is 14.0. The standard InChI is InChI=1S/C19H24N2O2S/c1-2-6-17-20-13-16(24-17)19(23)21-11-9-15(10-12-21)18(22)14-7-4-3-5-8-14/h3-5,7-8,13,15,18,22H,2,6,9-12H2,1H3. The molecule has 1 aromatic carbocycles. The first-order valence-electron chi connectivity index (χ1n) is 8.66. The minimum Gasteiger partial charge on any atom is -0.388 e. The molecule has 1 atom stereocenters. The molecule has 1 N–H and O–H groups in total. The fourth-order valence-electron chi connectivity index (χ4n) is 3.24. The Labute approximate surface area is 147 Å². The van der Waals surface area contributed by atoms with Crippen molar-refractivity contribution >= 4 is 17.2 Å². The summed E-state index contributed by atoms with van der Waals surface area (Å²) in [5.74, 6) is 0.302. The summed E-state index contributed by atoms with van der Waals surface area (Å²) < 4.78 is 0. The summed E-state index contributed by atoms with van der Waals surface area (Å²) in [6.07, 6.45) is 4.92. The maximum Gasteiger partial charge on any atom is 0.265 e. The predicted octanol–water partition coefficient (Wildman–Crippen LogP) is 3.68. The molecule has 1 fully saturated rings. The van der Waals surface area contributed by atoms with Gasteiger partial charge in [-0.3, -0.25) is 4.79 Å². The highest BCUT2D eigenvalue weighted by atomic mass is 32.1. The molecule has 1 aliphatic rings. The van der Waals surface area contributed by atoms with Crippen molar-refractivity contribution in [2.45, 2.75) is 38.7 Å². The van der Waals surface area contributed by atoms with E-state index in [1.807, 2.05) is 35.2 Å². The molecule has 1 saturated heterocycles. The molecule has 2 heterocycles. The number of aryl methyl sites for hydroxylation is 1. The lowest BCUT2D eigenvalue weighted by molar-refractivity contribution is 0.0465. The molecular formula is C19H24N2O2S. The van der Waals surface area contributed by atoms with E-state index in [1.54, 1.807) is 6.20 Å². The highest BCUT2D eigenvalue weighted by molar-refractivity contribution is 7.13. The second kappa shape index (κ2) is 7.90. The Morgan fingerprint density at radius 1 is 1.33 bits per heavy atom. The molecule has 1 unspecified atom stereocenters. The lowest BCUT2D eigenvalue weighted by atomic mass is 9.87. The van der Waals surface area contributed by atoms with E-state index in [2.05, 4.69) is 11.9 Å². The Balaban J connectivity index is 1.57. The van der Waals surface area contributed by atoms with Crippen molar-refractivity contribution in [1.82, 2.24) is 9.88 Å². The number of aromatic nitrogens is 1. The molecule has 1 aromatic heterocycles. The molecule has 1 aliphatic heterocycles. The number of amides is 1. The number of thiazole rings is 1. The summed E-state index contributed by atoms with van der Waals surface area (Å²) in [5, 5.41) is 11.6. The van der Waals surface area contributed by atoms with Crippen LogP contribution in [0.3, 0.4) is 0 Å². The first kappa shape index (κ1) is 17.1. The number of hydrogen-bond donors (Lipinski definition) is 1. The van der Waals surface area contributed by atoms with Crippen molar-refractivity contribution in [3.63, 3.8) is 0 Å². The number of carbonyl (C=O) groups excluding carboxylic acids is 1. The van der Waals surface area contributed by atoms with E-state index in [-0.39, 0.29) is 11.8 Å². The number of hydrogen-bond acceptors (Lipinski definition) is 4. The Hall–Kier alpha value is -1.72. The second-order valence-corrected chi connectivity index (χ2v) is 7.47. The fraction of sp³-hybridized carbons (Fsp3) is 0.474. The van der Waals surface area contributed by atoms with Crippen LogP contribution in [0, 0.1) is 5.92 Å². The molecule has 0 bridgehead atoms. The van der Waals surface area contributed by atoms with Crippen molar-refractivity contribution in [3.8, 4) is 0 Å². The summed E-state index contributed by atoms with van der Waals surface area (Å²) in [4.78, 5) is 19.6. The quantitative estimate of drug-likeness (QED) is 0.900. The molecule has 3 rings (SSSR count). The van der Waals surface area contributed by atoms with Crippen molar-refractivity contribution in [1.29, 1.82) is 0 Å². The van der Waals surface area contributed by atoms with Crippen molar-refractivity contribution in [2.24, 2.45) is 5.92 Å². The number of aliphatic hydroxyl groups excluding tert-OH is 1. The third-order valence-corrected chi connectivity index (χ3v) is 5.69. The zero-order chi connectivity index (χ0) is 16.9. The molecular weight excluding hydrogens is 320 g/mol.